The zero-order valence-electron chi connectivity index (χ0n) is 15.3. The second kappa shape index (κ2) is 6.39. The summed E-state index contributed by atoms with van der Waals surface area (Å²) in [6.45, 7) is 0. The minimum absolute atomic E-state index is 0.864. The number of fused-ring (bicyclic) bond motifs is 2. The highest BCUT2D eigenvalue weighted by Crippen LogP contribution is 2.34. The lowest BCUT2D eigenvalue weighted by molar-refractivity contribution is 1.12. The Kier molecular flexibility index (Phi) is 3.57. The minimum Gasteiger partial charge on any atom is -0.338 e. The lowest BCUT2D eigenvalue weighted by Crippen LogP contribution is -1.81. The van der Waals surface area contributed by atoms with Gasteiger partial charge in [0, 0.05) is 34.9 Å². The van der Waals surface area contributed by atoms with Gasteiger partial charge in [-0.3, -0.25) is 10.1 Å². The summed E-state index contributed by atoms with van der Waals surface area (Å²) in [6, 6.07) is 16.7. The van der Waals surface area contributed by atoms with E-state index < -0.39 is 0 Å². The van der Waals surface area contributed by atoms with Crippen molar-refractivity contribution in [2.24, 2.45) is 0 Å². The van der Waals surface area contributed by atoms with E-state index >= 15 is 0 Å². The molecule has 6 rings (SSSR count). The number of aromatic nitrogens is 5. The van der Waals surface area contributed by atoms with Crippen molar-refractivity contribution in [1.29, 1.82) is 0 Å². The van der Waals surface area contributed by atoms with Crippen LogP contribution in [-0.4, -0.2) is 25.1 Å². The molecule has 0 amide bonds. The highest BCUT2D eigenvalue weighted by atomic mass is 32.1. The molecule has 0 aliphatic heterocycles. The highest BCUT2D eigenvalue weighted by Gasteiger charge is 2.15. The van der Waals surface area contributed by atoms with Gasteiger partial charge in [0.15, 0.2) is 0 Å². The first-order chi connectivity index (χ1) is 14.4. The number of benzene rings is 1. The van der Waals surface area contributed by atoms with Gasteiger partial charge in [-0.1, -0.05) is 12.1 Å². The monoisotopic (exact) mass is 393 g/mol. The summed E-state index contributed by atoms with van der Waals surface area (Å²) in [7, 11) is 0. The van der Waals surface area contributed by atoms with E-state index in [1.807, 2.05) is 18.5 Å². The van der Waals surface area contributed by atoms with Crippen molar-refractivity contribution < 1.29 is 0 Å². The molecule has 138 valence electrons. The summed E-state index contributed by atoms with van der Waals surface area (Å²) >= 11 is 1.70. The second-order valence-corrected chi connectivity index (χ2v) is 7.67. The summed E-state index contributed by atoms with van der Waals surface area (Å²) < 4.78 is 0. The van der Waals surface area contributed by atoms with E-state index in [2.05, 4.69) is 78.4 Å². The van der Waals surface area contributed by atoms with Crippen molar-refractivity contribution in [2.75, 3.05) is 0 Å². The zero-order chi connectivity index (χ0) is 19.2. The van der Waals surface area contributed by atoms with E-state index in [1.54, 1.807) is 17.5 Å². The molecule has 5 heterocycles. The van der Waals surface area contributed by atoms with Crippen molar-refractivity contribution in [3.8, 4) is 33.6 Å². The number of rotatable bonds is 3. The first-order valence-corrected chi connectivity index (χ1v) is 10.2. The quantitative estimate of drug-likeness (QED) is 0.393. The Morgan fingerprint density at radius 3 is 2.72 bits per heavy atom. The number of hydrogen-bond acceptors (Lipinski definition) is 4. The van der Waals surface area contributed by atoms with Gasteiger partial charge in [0.05, 0.1) is 11.2 Å². The summed E-state index contributed by atoms with van der Waals surface area (Å²) in [4.78, 5) is 12.2. The van der Waals surface area contributed by atoms with Crippen molar-refractivity contribution in [1.82, 2.24) is 25.1 Å². The molecule has 0 aliphatic carbocycles. The van der Waals surface area contributed by atoms with Crippen LogP contribution in [0.15, 0.2) is 77.9 Å². The predicted molar refractivity (Wildman–Crippen MR) is 118 cm³/mol. The average molecular weight is 393 g/mol. The number of aromatic amines is 2. The molecule has 0 bridgehead atoms. The molecule has 29 heavy (non-hydrogen) atoms. The molecule has 0 unspecified atom stereocenters. The van der Waals surface area contributed by atoms with Crippen LogP contribution in [0.2, 0.25) is 0 Å². The van der Waals surface area contributed by atoms with Crippen LogP contribution in [-0.2, 0) is 0 Å². The Morgan fingerprint density at radius 2 is 1.86 bits per heavy atom. The highest BCUT2D eigenvalue weighted by molar-refractivity contribution is 7.08. The molecular weight excluding hydrogens is 378 g/mol. The van der Waals surface area contributed by atoms with Gasteiger partial charge in [0.2, 0.25) is 0 Å². The van der Waals surface area contributed by atoms with Crippen molar-refractivity contribution in [3.63, 3.8) is 0 Å². The normalized spacial score (nSPS) is 11.4. The third kappa shape index (κ3) is 2.65. The largest absolute Gasteiger partial charge is 0.338 e. The van der Waals surface area contributed by atoms with Crippen LogP contribution < -0.4 is 0 Å². The van der Waals surface area contributed by atoms with Crippen LogP contribution in [0.4, 0.5) is 0 Å². The van der Waals surface area contributed by atoms with E-state index in [9.17, 15) is 0 Å². The molecule has 0 spiro atoms. The lowest BCUT2D eigenvalue weighted by atomic mass is 10.0. The van der Waals surface area contributed by atoms with Crippen LogP contribution in [0, 0.1) is 0 Å². The number of pyridine rings is 2. The van der Waals surface area contributed by atoms with Crippen LogP contribution in [0.3, 0.4) is 0 Å². The molecule has 6 aromatic rings. The third-order valence-electron chi connectivity index (χ3n) is 5.18. The molecule has 0 saturated carbocycles. The lowest BCUT2D eigenvalue weighted by Gasteiger charge is -2.01. The Labute approximate surface area is 170 Å². The maximum absolute atomic E-state index is 4.59. The van der Waals surface area contributed by atoms with Crippen LogP contribution >= 0.6 is 11.3 Å². The average Bonchev–Trinajstić information content (AvgIpc) is 3.52. The Morgan fingerprint density at radius 1 is 0.862 bits per heavy atom. The second-order valence-electron chi connectivity index (χ2n) is 6.89. The van der Waals surface area contributed by atoms with Crippen molar-refractivity contribution in [2.45, 2.75) is 0 Å². The maximum Gasteiger partial charge on any atom is 0.138 e. The van der Waals surface area contributed by atoms with Crippen LogP contribution in [0.1, 0.15) is 0 Å². The van der Waals surface area contributed by atoms with Gasteiger partial charge in [0.1, 0.15) is 11.3 Å². The molecule has 0 saturated heterocycles. The van der Waals surface area contributed by atoms with Crippen LogP contribution in [0.25, 0.3) is 55.6 Å². The number of nitrogens with one attached hydrogen (secondary N) is 2. The van der Waals surface area contributed by atoms with Gasteiger partial charge in [0.25, 0.3) is 0 Å². The van der Waals surface area contributed by atoms with Gasteiger partial charge in [-0.15, -0.1) is 0 Å². The summed E-state index contributed by atoms with van der Waals surface area (Å²) in [5.41, 5.74) is 8.28. The van der Waals surface area contributed by atoms with E-state index in [4.69, 9.17) is 0 Å². The predicted octanol–water partition coefficient (Wildman–Crippen LogP) is 5.90. The molecule has 0 fully saturated rings. The Hall–Kier alpha value is -3.77. The summed E-state index contributed by atoms with van der Waals surface area (Å²) in [5.74, 6) is 0. The maximum atomic E-state index is 4.59. The molecule has 1 aromatic carbocycles. The first kappa shape index (κ1) is 16.2. The van der Waals surface area contributed by atoms with Crippen molar-refractivity contribution in [3.05, 3.63) is 77.9 Å². The fraction of sp³-hybridized carbons (Fsp3) is 0. The van der Waals surface area contributed by atoms with Crippen molar-refractivity contribution >= 4 is 33.3 Å². The van der Waals surface area contributed by atoms with E-state index in [0.717, 1.165) is 44.5 Å². The third-order valence-corrected chi connectivity index (χ3v) is 5.86. The molecule has 0 atom stereocenters. The Bertz CT molecular complexity index is 1450. The summed E-state index contributed by atoms with van der Waals surface area (Å²) in [6.07, 6.45) is 5.51. The van der Waals surface area contributed by atoms with Gasteiger partial charge in [-0.25, -0.2) is 4.98 Å². The molecule has 5 nitrogen and oxygen atoms in total. The van der Waals surface area contributed by atoms with E-state index in [-0.39, 0.29) is 0 Å². The number of H-pyrrole nitrogens is 2. The van der Waals surface area contributed by atoms with Gasteiger partial charge < -0.3 is 4.98 Å². The molecule has 2 N–H and O–H groups in total. The van der Waals surface area contributed by atoms with E-state index in [1.165, 1.54) is 11.1 Å². The smallest absolute Gasteiger partial charge is 0.138 e. The first-order valence-electron chi connectivity index (χ1n) is 9.26. The van der Waals surface area contributed by atoms with E-state index in [0.29, 0.717) is 0 Å². The number of hydrogen-bond donors (Lipinski definition) is 2. The standard InChI is InChI=1S/C23H15N5S/c1-2-15(12-24-7-1)14-3-4-20-19(10-14)22(28-27-20)21-11-18-17(16-6-9-29-13-16)5-8-25-23(18)26-21/h1-13H,(H,25,26)(H,27,28). The SMILES string of the molecule is c1cncc(-c2ccc3[nH]nc(-c4cc5c(-c6ccsc6)ccnc5[nH]4)c3c2)c1. The summed E-state index contributed by atoms with van der Waals surface area (Å²) in [5, 5.41) is 14.2. The minimum atomic E-state index is 0.864. The topological polar surface area (TPSA) is 70.2 Å². The fourth-order valence-corrected chi connectivity index (χ4v) is 4.41. The molecule has 6 heteroatoms. The number of nitrogens with zero attached hydrogens (tertiary/aromatic N) is 3. The molecule has 0 radical (unpaired) electrons. The molecule has 0 aliphatic rings. The fourth-order valence-electron chi connectivity index (χ4n) is 3.76. The van der Waals surface area contributed by atoms with Gasteiger partial charge in [-0.05, 0) is 63.8 Å². The molecule has 5 aromatic heterocycles. The van der Waals surface area contributed by atoms with Gasteiger partial charge >= 0.3 is 0 Å². The number of thiophene rings is 1. The van der Waals surface area contributed by atoms with Gasteiger partial charge in [-0.2, -0.15) is 16.4 Å². The Balaban J connectivity index is 1.53. The zero-order valence-corrected chi connectivity index (χ0v) is 16.1. The van der Waals surface area contributed by atoms with Crippen LogP contribution in [0.5, 0.6) is 0 Å². The molecular formula is C23H15N5S.